The van der Waals surface area contributed by atoms with Gasteiger partial charge in [0.05, 0.1) is 12.2 Å². The summed E-state index contributed by atoms with van der Waals surface area (Å²) in [5.41, 5.74) is 0.859. The van der Waals surface area contributed by atoms with Gasteiger partial charge in [0.25, 0.3) is 0 Å². The largest absolute Gasteiger partial charge is 0.306 e. The topological polar surface area (TPSA) is 24.9 Å². The molecule has 0 saturated carbocycles. The summed E-state index contributed by atoms with van der Waals surface area (Å²) >= 11 is 5.10. The fourth-order valence-corrected chi connectivity index (χ4v) is 3.28. The molecular formula is C13H14BrFN2S. The maximum atomic E-state index is 13.3. The molecule has 2 rings (SSSR count). The van der Waals surface area contributed by atoms with Crippen LogP contribution in [0, 0.1) is 5.82 Å². The highest BCUT2D eigenvalue weighted by molar-refractivity contribution is 9.10. The van der Waals surface area contributed by atoms with E-state index in [1.54, 1.807) is 17.5 Å². The van der Waals surface area contributed by atoms with Crippen LogP contribution in [0.3, 0.4) is 0 Å². The summed E-state index contributed by atoms with van der Waals surface area (Å²) < 4.78 is 14.3. The first-order chi connectivity index (χ1) is 8.70. The first kappa shape index (κ1) is 13.6. The molecule has 18 heavy (non-hydrogen) atoms. The molecule has 0 bridgehead atoms. The third kappa shape index (κ3) is 3.37. The van der Waals surface area contributed by atoms with Gasteiger partial charge < -0.3 is 5.32 Å². The van der Waals surface area contributed by atoms with Gasteiger partial charge in [-0.3, -0.25) is 4.98 Å². The van der Waals surface area contributed by atoms with E-state index in [0.29, 0.717) is 0 Å². The molecule has 0 saturated heterocycles. The van der Waals surface area contributed by atoms with Gasteiger partial charge in [0.1, 0.15) is 5.82 Å². The van der Waals surface area contributed by atoms with Gasteiger partial charge in [0.2, 0.25) is 0 Å². The van der Waals surface area contributed by atoms with E-state index in [1.165, 1.54) is 12.3 Å². The van der Waals surface area contributed by atoms with Crippen molar-refractivity contribution in [3.8, 4) is 0 Å². The lowest BCUT2D eigenvalue weighted by Crippen LogP contribution is -2.22. The number of aromatic nitrogens is 1. The molecule has 0 fully saturated rings. The molecule has 0 aromatic carbocycles. The third-order valence-corrected chi connectivity index (χ3v) is 4.29. The quantitative estimate of drug-likeness (QED) is 0.892. The van der Waals surface area contributed by atoms with Crippen LogP contribution in [0.2, 0.25) is 0 Å². The molecule has 2 aromatic heterocycles. The fraction of sp³-hybridized carbons (Fsp3) is 0.308. The Bertz CT molecular complexity index is 515. The van der Waals surface area contributed by atoms with Gasteiger partial charge in [-0.15, -0.1) is 11.3 Å². The van der Waals surface area contributed by atoms with Gasteiger partial charge in [-0.25, -0.2) is 4.39 Å². The number of nitrogens with zero attached hydrogens (tertiary/aromatic N) is 1. The van der Waals surface area contributed by atoms with Gasteiger partial charge in [-0.1, -0.05) is 6.92 Å². The van der Waals surface area contributed by atoms with Gasteiger partial charge in [-0.05, 0) is 46.6 Å². The Balaban J connectivity index is 2.30. The van der Waals surface area contributed by atoms with Crippen LogP contribution in [0.15, 0.2) is 34.4 Å². The number of rotatable bonds is 5. The average molecular weight is 329 g/mol. The molecule has 0 aliphatic carbocycles. The van der Waals surface area contributed by atoms with E-state index in [9.17, 15) is 4.39 Å². The second-order valence-corrected chi connectivity index (χ2v) is 5.85. The number of hydrogen-bond acceptors (Lipinski definition) is 3. The van der Waals surface area contributed by atoms with Crippen molar-refractivity contribution in [3.05, 3.63) is 50.6 Å². The highest BCUT2D eigenvalue weighted by Crippen LogP contribution is 2.30. The van der Waals surface area contributed by atoms with Crippen molar-refractivity contribution in [2.24, 2.45) is 0 Å². The minimum absolute atomic E-state index is 0.00412. The number of pyridine rings is 1. The molecular weight excluding hydrogens is 315 g/mol. The van der Waals surface area contributed by atoms with Crippen LogP contribution in [-0.2, 0) is 0 Å². The van der Waals surface area contributed by atoms with Crippen molar-refractivity contribution in [2.75, 3.05) is 6.54 Å². The van der Waals surface area contributed by atoms with Gasteiger partial charge in [0.15, 0.2) is 0 Å². The molecule has 0 aliphatic rings. The van der Waals surface area contributed by atoms with E-state index in [1.807, 2.05) is 5.38 Å². The van der Waals surface area contributed by atoms with Crippen LogP contribution in [0.25, 0.3) is 0 Å². The summed E-state index contributed by atoms with van der Waals surface area (Å²) in [5.74, 6) is -0.300. The Labute approximate surface area is 118 Å². The maximum Gasteiger partial charge on any atom is 0.141 e. The second kappa shape index (κ2) is 6.41. The van der Waals surface area contributed by atoms with Crippen LogP contribution in [-0.4, -0.2) is 11.5 Å². The van der Waals surface area contributed by atoms with E-state index in [0.717, 1.165) is 27.9 Å². The highest BCUT2D eigenvalue weighted by Gasteiger charge is 2.16. The summed E-state index contributed by atoms with van der Waals surface area (Å²) in [7, 11) is 0. The Hall–Kier alpha value is -0.780. The molecule has 1 unspecified atom stereocenters. The van der Waals surface area contributed by atoms with E-state index < -0.39 is 0 Å². The van der Waals surface area contributed by atoms with Crippen molar-refractivity contribution in [1.29, 1.82) is 0 Å². The third-order valence-electron chi connectivity index (χ3n) is 2.53. The smallest absolute Gasteiger partial charge is 0.141 e. The zero-order chi connectivity index (χ0) is 13.0. The Kier molecular flexibility index (Phi) is 4.86. The second-order valence-electron chi connectivity index (χ2n) is 3.99. The summed E-state index contributed by atoms with van der Waals surface area (Å²) in [5, 5.41) is 5.46. The number of nitrogens with one attached hydrogen (secondary N) is 1. The van der Waals surface area contributed by atoms with Gasteiger partial charge >= 0.3 is 0 Å². The standard InChI is InChI=1S/C13H14BrFN2S/c1-2-3-17-13(12-5-10(14)8-18-12)9-4-11(15)7-16-6-9/h4-8,13,17H,2-3H2,1H3. The van der Waals surface area contributed by atoms with Crippen molar-refractivity contribution in [1.82, 2.24) is 10.3 Å². The minimum Gasteiger partial charge on any atom is -0.306 e. The van der Waals surface area contributed by atoms with Crippen molar-refractivity contribution in [3.63, 3.8) is 0 Å². The van der Waals surface area contributed by atoms with Crippen molar-refractivity contribution in [2.45, 2.75) is 19.4 Å². The SMILES string of the molecule is CCCNC(c1cncc(F)c1)c1cc(Br)cs1. The van der Waals surface area contributed by atoms with Gasteiger partial charge in [0, 0.05) is 20.9 Å². The summed E-state index contributed by atoms with van der Waals surface area (Å²) in [6.07, 6.45) is 3.97. The summed E-state index contributed by atoms with van der Waals surface area (Å²) in [6, 6.07) is 3.60. The fourth-order valence-electron chi connectivity index (χ4n) is 1.74. The minimum atomic E-state index is -0.300. The van der Waals surface area contributed by atoms with Crippen LogP contribution >= 0.6 is 27.3 Å². The van der Waals surface area contributed by atoms with Gasteiger partial charge in [-0.2, -0.15) is 0 Å². The average Bonchev–Trinajstić information content (AvgIpc) is 2.76. The molecule has 2 nitrogen and oxygen atoms in total. The van der Waals surface area contributed by atoms with Crippen LogP contribution in [0.4, 0.5) is 4.39 Å². The predicted molar refractivity (Wildman–Crippen MR) is 76.4 cm³/mol. The Morgan fingerprint density at radius 3 is 2.89 bits per heavy atom. The number of thiophene rings is 1. The summed E-state index contributed by atoms with van der Waals surface area (Å²) in [6.45, 7) is 2.99. The molecule has 5 heteroatoms. The van der Waals surface area contributed by atoms with E-state index in [2.05, 4.69) is 39.2 Å². The lowest BCUT2D eigenvalue weighted by Gasteiger charge is -2.17. The molecule has 1 atom stereocenters. The molecule has 96 valence electrons. The predicted octanol–water partition coefficient (Wildman–Crippen LogP) is 4.13. The maximum absolute atomic E-state index is 13.3. The zero-order valence-corrected chi connectivity index (χ0v) is 12.4. The normalized spacial score (nSPS) is 12.6. The van der Waals surface area contributed by atoms with E-state index in [4.69, 9.17) is 0 Å². The summed E-state index contributed by atoms with van der Waals surface area (Å²) in [4.78, 5) is 5.08. The monoisotopic (exact) mass is 328 g/mol. The molecule has 0 amide bonds. The van der Waals surface area contributed by atoms with E-state index >= 15 is 0 Å². The van der Waals surface area contributed by atoms with Crippen molar-refractivity contribution < 1.29 is 4.39 Å². The molecule has 0 radical (unpaired) electrons. The molecule has 1 N–H and O–H groups in total. The van der Waals surface area contributed by atoms with Crippen LogP contribution in [0.1, 0.15) is 29.8 Å². The highest BCUT2D eigenvalue weighted by atomic mass is 79.9. The molecule has 0 spiro atoms. The first-order valence-electron chi connectivity index (χ1n) is 5.78. The lowest BCUT2D eigenvalue weighted by molar-refractivity contribution is 0.585. The van der Waals surface area contributed by atoms with E-state index in [-0.39, 0.29) is 11.9 Å². The molecule has 2 heterocycles. The number of hydrogen-bond donors (Lipinski definition) is 1. The van der Waals surface area contributed by atoms with Crippen LogP contribution in [0.5, 0.6) is 0 Å². The Morgan fingerprint density at radius 1 is 1.44 bits per heavy atom. The zero-order valence-electron chi connectivity index (χ0n) is 9.99. The lowest BCUT2D eigenvalue weighted by atomic mass is 10.1. The number of halogens is 2. The van der Waals surface area contributed by atoms with Crippen LogP contribution < -0.4 is 5.32 Å². The Morgan fingerprint density at radius 2 is 2.28 bits per heavy atom. The molecule has 2 aromatic rings. The first-order valence-corrected chi connectivity index (χ1v) is 7.45. The van der Waals surface area contributed by atoms with Crippen molar-refractivity contribution >= 4 is 27.3 Å². The molecule has 0 aliphatic heterocycles.